The zero-order valence-electron chi connectivity index (χ0n) is 9.74. The Morgan fingerprint density at radius 3 is 2.78 bits per heavy atom. The minimum Gasteiger partial charge on any atom is -0.465 e. The van der Waals surface area contributed by atoms with Gasteiger partial charge in [0.2, 0.25) is 0 Å². The van der Waals surface area contributed by atoms with Crippen LogP contribution in [0.1, 0.15) is 11.1 Å². The van der Waals surface area contributed by atoms with Crippen LogP contribution < -0.4 is 10.6 Å². The monoisotopic (exact) mass is 267 g/mol. The van der Waals surface area contributed by atoms with E-state index in [1.165, 1.54) is 0 Å². The van der Waals surface area contributed by atoms with Gasteiger partial charge in [-0.25, -0.2) is 4.79 Å². The summed E-state index contributed by atoms with van der Waals surface area (Å²) in [5.41, 5.74) is 1.51. The smallest absolute Gasteiger partial charge is 0.404 e. The summed E-state index contributed by atoms with van der Waals surface area (Å²) in [5, 5.41) is 22.9. The number of amides is 1. The maximum absolute atomic E-state index is 10.2. The Kier molecular flexibility index (Phi) is 5.98. The van der Waals surface area contributed by atoms with Crippen molar-refractivity contribution in [1.29, 1.82) is 5.26 Å². The van der Waals surface area contributed by atoms with Gasteiger partial charge in [-0.15, -0.1) is 0 Å². The van der Waals surface area contributed by atoms with Gasteiger partial charge in [0.15, 0.2) is 0 Å². The molecule has 0 radical (unpaired) electrons. The lowest BCUT2D eigenvalue weighted by molar-refractivity contribution is 0.194. The molecule has 0 aliphatic rings. The van der Waals surface area contributed by atoms with Crippen molar-refractivity contribution < 1.29 is 9.90 Å². The van der Waals surface area contributed by atoms with E-state index < -0.39 is 6.09 Å². The van der Waals surface area contributed by atoms with Gasteiger partial charge < -0.3 is 15.7 Å². The van der Waals surface area contributed by atoms with Crippen molar-refractivity contribution in [3.8, 4) is 6.07 Å². The van der Waals surface area contributed by atoms with Crippen LogP contribution in [0.2, 0.25) is 5.02 Å². The molecule has 3 N–H and O–H groups in total. The standard InChI is InChI=1S/C12H14ClN3O2/c13-11-7-9(1-2-10(11)8-14)3-4-15-5-6-16-12(17)18/h1-2,7,15-16H,3-6H2,(H,17,18). The molecule has 0 aliphatic carbocycles. The van der Waals surface area contributed by atoms with E-state index in [1.54, 1.807) is 12.1 Å². The zero-order chi connectivity index (χ0) is 13.4. The third-order valence-electron chi connectivity index (χ3n) is 2.32. The van der Waals surface area contributed by atoms with E-state index in [2.05, 4.69) is 10.6 Å². The summed E-state index contributed by atoms with van der Waals surface area (Å²) in [6.45, 7) is 1.68. The van der Waals surface area contributed by atoms with Gasteiger partial charge in [0.25, 0.3) is 0 Å². The molecule has 96 valence electrons. The fourth-order valence-corrected chi connectivity index (χ4v) is 1.67. The van der Waals surface area contributed by atoms with E-state index >= 15 is 0 Å². The fourth-order valence-electron chi connectivity index (χ4n) is 1.42. The molecule has 1 aromatic rings. The van der Waals surface area contributed by atoms with Crippen molar-refractivity contribution in [1.82, 2.24) is 10.6 Å². The molecule has 0 unspecified atom stereocenters. The lowest BCUT2D eigenvalue weighted by Gasteiger charge is -2.05. The Morgan fingerprint density at radius 2 is 2.17 bits per heavy atom. The van der Waals surface area contributed by atoms with Gasteiger partial charge in [-0.1, -0.05) is 17.7 Å². The van der Waals surface area contributed by atoms with Crippen LogP contribution in [0.5, 0.6) is 0 Å². The third kappa shape index (κ3) is 5.04. The predicted octanol–water partition coefficient (Wildman–Crippen LogP) is 1.61. The Balaban J connectivity index is 2.26. The van der Waals surface area contributed by atoms with E-state index in [4.69, 9.17) is 22.0 Å². The Bertz CT molecular complexity index is 457. The number of carbonyl (C=O) groups is 1. The van der Waals surface area contributed by atoms with Crippen molar-refractivity contribution in [3.63, 3.8) is 0 Å². The number of nitrogens with zero attached hydrogens (tertiary/aromatic N) is 1. The summed E-state index contributed by atoms with van der Waals surface area (Å²) < 4.78 is 0. The lowest BCUT2D eigenvalue weighted by atomic mass is 10.1. The molecule has 0 heterocycles. The number of carboxylic acid groups (broad SMARTS) is 1. The minimum absolute atomic E-state index is 0.378. The molecule has 0 aliphatic heterocycles. The molecular weight excluding hydrogens is 254 g/mol. The highest BCUT2D eigenvalue weighted by molar-refractivity contribution is 6.31. The maximum atomic E-state index is 10.2. The molecule has 0 saturated carbocycles. The van der Waals surface area contributed by atoms with Crippen LogP contribution in [0.4, 0.5) is 4.79 Å². The van der Waals surface area contributed by atoms with Crippen molar-refractivity contribution in [2.24, 2.45) is 0 Å². The summed E-state index contributed by atoms with van der Waals surface area (Å²) in [5.74, 6) is 0. The summed E-state index contributed by atoms with van der Waals surface area (Å²) in [7, 11) is 0. The molecule has 0 aromatic heterocycles. The average Bonchev–Trinajstić information content (AvgIpc) is 2.33. The van der Waals surface area contributed by atoms with E-state index in [0.717, 1.165) is 18.5 Å². The van der Waals surface area contributed by atoms with E-state index in [-0.39, 0.29) is 0 Å². The maximum Gasteiger partial charge on any atom is 0.404 e. The van der Waals surface area contributed by atoms with Gasteiger partial charge in [0.1, 0.15) is 6.07 Å². The molecule has 0 saturated heterocycles. The number of halogens is 1. The first kappa shape index (κ1) is 14.3. The van der Waals surface area contributed by atoms with E-state index in [0.29, 0.717) is 23.7 Å². The number of benzene rings is 1. The number of hydrogen-bond donors (Lipinski definition) is 3. The van der Waals surface area contributed by atoms with Crippen molar-refractivity contribution in [2.45, 2.75) is 6.42 Å². The Morgan fingerprint density at radius 1 is 1.39 bits per heavy atom. The van der Waals surface area contributed by atoms with Crippen molar-refractivity contribution in [2.75, 3.05) is 19.6 Å². The van der Waals surface area contributed by atoms with Crippen molar-refractivity contribution in [3.05, 3.63) is 34.3 Å². The SMILES string of the molecule is N#Cc1ccc(CCNCCNC(=O)O)cc1Cl. The molecule has 1 rings (SSSR count). The number of nitrogens with one attached hydrogen (secondary N) is 2. The first-order valence-electron chi connectivity index (χ1n) is 5.49. The highest BCUT2D eigenvalue weighted by Crippen LogP contribution is 2.16. The van der Waals surface area contributed by atoms with Crippen LogP contribution in [0, 0.1) is 11.3 Å². The lowest BCUT2D eigenvalue weighted by Crippen LogP contribution is -2.31. The quantitative estimate of drug-likeness (QED) is 0.684. The normalized spacial score (nSPS) is 9.78. The second-order valence-electron chi connectivity index (χ2n) is 3.66. The number of hydrogen-bond acceptors (Lipinski definition) is 3. The van der Waals surface area contributed by atoms with Gasteiger partial charge >= 0.3 is 6.09 Å². The highest BCUT2D eigenvalue weighted by atomic mass is 35.5. The average molecular weight is 268 g/mol. The molecule has 0 atom stereocenters. The van der Waals surface area contributed by atoms with Crippen LogP contribution in [-0.2, 0) is 6.42 Å². The molecule has 5 nitrogen and oxygen atoms in total. The summed E-state index contributed by atoms with van der Waals surface area (Å²) in [6, 6.07) is 7.34. The first-order chi connectivity index (χ1) is 8.63. The second-order valence-corrected chi connectivity index (χ2v) is 4.07. The Labute approximate surface area is 110 Å². The molecule has 0 fully saturated rings. The third-order valence-corrected chi connectivity index (χ3v) is 2.64. The minimum atomic E-state index is -1.02. The summed E-state index contributed by atoms with van der Waals surface area (Å²) >= 11 is 5.91. The number of nitriles is 1. The van der Waals surface area contributed by atoms with Crippen LogP contribution in [-0.4, -0.2) is 30.8 Å². The van der Waals surface area contributed by atoms with Gasteiger partial charge in [-0.05, 0) is 30.7 Å². The molecular formula is C12H14ClN3O2. The molecule has 0 bridgehead atoms. The fraction of sp³-hybridized carbons (Fsp3) is 0.333. The first-order valence-corrected chi connectivity index (χ1v) is 5.87. The zero-order valence-corrected chi connectivity index (χ0v) is 10.5. The van der Waals surface area contributed by atoms with Crippen LogP contribution in [0.3, 0.4) is 0 Å². The van der Waals surface area contributed by atoms with Crippen LogP contribution in [0.25, 0.3) is 0 Å². The molecule has 1 aromatic carbocycles. The summed E-state index contributed by atoms with van der Waals surface area (Å²) in [6.07, 6.45) is -0.242. The molecule has 6 heteroatoms. The second kappa shape index (κ2) is 7.54. The largest absolute Gasteiger partial charge is 0.465 e. The van der Waals surface area contributed by atoms with Gasteiger partial charge in [0.05, 0.1) is 10.6 Å². The Hall–Kier alpha value is -1.77. The predicted molar refractivity (Wildman–Crippen MR) is 68.8 cm³/mol. The van der Waals surface area contributed by atoms with Crippen LogP contribution >= 0.6 is 11.6 Å². The van der Waals surface area contributed by atoms with E-state index in [1.807, 2.05) is 12.1 Å². The van der Waals surface area contributed by atoms with Crippen LogP contribution in [0.15, 0.2) is 18.2 Å². The van der Waals surface area contributed by atoms with Gasteiger partial charge in [-0.2, -0.15) is 5.26 Å². The summed E-state index contributed by atoms with van der Waals surface area (Å²) in [4.78, 5) is 10.2. The van der Waals surface area contributed by atoms with E-state index in [9.17, 15) is 4.79 Å². The van der Waals surface area contributed by atoms with Gasteiger partial charge in [-0.3, -0.25) is 0 Å². The molecule has 1 amide bonds. The molecule has 0 spiro atoms. The topological polar surface area (TPSA) is 85.2 Å². The van der Waals surface area contributed by atoms with Crippen molar-refractivity contribution >= 4 is 17.7 Å². The van der Waals surface area contributed by atoms with Gasteiger partial charge in [0, 0.05) is 13.1 Å². The highest BCUT2D eigenvalue weighted by Gasteiger charge is 2.00. The number of rotatable bonds is 6. The molecule has 18 heavy (non-hydrogen) atoms.